The van der Waals surface area contributed by atoms with E-state index in [2.05, 4.69) is 34.9 Å². The summed E-state index contributed by atoms with van der Waals surface area (Å²) in [5, 5.41) is 8.33. The van der Waals surface area contributed by atoms with Crippen LogP contribution in [-0.4, -0.2) is 23.2 Å². The largest absolute Gasteiger partial charge is 0.273 e. The summed E-state index contributed by atoms with van der Waals surface area (Å²) in [4.78, 5) is 24.0. The van der Waals surface area contributed by atoms with Crippen molar-refractivity contribution in [3.63, 3.8) is 0 Å². The molecule has 164 valence electrons. The van der Waals surface area contributed by atoms with Crippen LogP contribution in [-0.2, 0) is 9.59 Å². The molecule has 0 fully saturated rings. The van der Waals surface area contributed by atoms with Gasteiger partial charge in [-0.1, -0.05) is 24.3 Å². The molecule has 6 nitrogen and oxygen atoms in total. The van der Waals surface area contributed by atoms with Crippen molar-refractivity contribution in [3.8, 4) is 0 Å². The molecule has 0 bridgehead atoms. The van der Waals surface area contributed by atoms with E-state index in [-0.39, 0.29) is 24.7 Å². The molecule has 2 amide bonds. The van der Waals surface area contributed by atoms with Gasteiger partial charge in [0.15, 0.2) is 0 Å². The number of nitrogens with one attached hydrogen (secondary N) is 2. The molecule has 2 aromatic rings. The molecule has 0 atom stereocenters. The van der Waals surface area contributed by atoms with Gasteiger partial charge in [0.2, 0.25) is 11.8 Å². The zero-order chi connectivity index (χ0) is 23.0. The average molecular weight is 421 g/mol. The first-order chi connectivity index (χ1) is 14.7. The summed E-state index contributed by atoms with van der Waals surface area (Å²) >= 11 is 0. The molecule has 0 aromatic heterocycles. The maximum absolute atomic E-state index is 12.0. The molecule has 2 aromatic carbocycles. The lowest BCUT2D eigenvalue weighted by Gasteiger charge is -2.06. The lowest BCUT2D eigenvalue weighted by molar-refractivity contribution is -0.122. The van der Waals surface area contributed by atoms with Gasteiger partial charge in [0.1, 0.15) is 0 Å². The van der Waals surface area contributed by atoms with E-state index in [1.165, 1.54) is 22.3 Å². The minimum absolute atomic E-state index is 0.217. The molecule has 0 heterocycles. The van der Waals surface area contributed by atoms with Gasteiger partial charge in [-0.25, -0.2) is 10.9 Å². The van der Waals surface area contributed by atoms with E-state index in [0.29, 0.717) is 6.42 Å². The van der Waals surface area contributed by atoms with Crippen LogP contribution in [0.2, 0.25) is 0 Å². The summed E-state index contributed by atoms with van der Waals surface area (Å²) in [6.45, 7) is 11.9. The fourth-order valence-electron chi connectivity index (χ4n) is 2.88. The zero-order valence-electron chi connectivity index (χ0n) is 19.3. The molecule has 0 radical (unpaired) electrons. The molecular weight excluding hydrogens is 388 g/mol. The third kappa shape index (κ3) is 7.48. The molecule has 0 unspecified atom stereocenters. The first-order valence-corrected chi connectivity index (χ1v) is 10.5. The average Bonchev–Trinajstić information content (AvgIpc) is 2.74. The summed E-state index contributed by atoms with van der Waals surface area (Å²) in [6, 6.07) is 12.1. The van der Waals surface area contributed by atoms with Crippen LogP contribution < -0.4 is 10.9 Å². The van der Waals surface area contributed by atoms with Crippen molar-refractivity contribution < 1.29 is 9.59 Å². The van der Waals surface area contributed by atoms with Gasteiger partial charge in [-0.05, 0) is 93.5 Å². The standard InChI is InChI=1S/C25H32N4O2/c1-16-10-12-22(14-18(16)3)20(5)26-28-24(30)8-7-9-25(31)29-27-21(6)23-13-11-17(2)19(4)15-23/h10-15H,7-9H2,1-6H3,(H,28,30)(H,29,31). The van der Waals surface area contributed by atoms with E-state index in [9.17, 15) is 9.59 Å². The fourth-order valence-corrected chi connectivity index (χ4v) is 2.88. The number of amides is 2. The molecule has 0 aliphatic carbocycles. The van der Waals surface area contributed by atoms with Crippen molar-refractivity contribution in [2.24, 2.45) is 10.2 Å². The van der Waals surface area contributed by atoms with Gasteiger partial charge in [0.05, 0.1) is 11.4 Å². The summed E-state index contributed by atoms with van der Waals surface area (Å²) in [5.74, 6) is -0.434. The first-order valence-electron chi connectivity index (χ1n) is 10.5. The molecule has 31 heavy (non-hydrogen) atoms. The van der Waals surface area contributed by atoms with Crippen molar-refractivity contribution in [3.05, 3.63) is 69.8 Å². The highest BCUT2D eigenvalue weighted by Gasteiger charge is 2.06. The van der Waals surface area contributed by atoms with Gasteiger partial charge in [0.25, 0.3) is 0 Å². The van der Waals surface area contributed by atoms with Gasteiger partial charge >= 0.3 is 0 Å². The van der Waals surface area contributed by atoms with E-state index in [1.54, 1.807) is 0 Å². The quantitative estimate of drug-likeness (QED) is 0.488. The second-order valence-corrected chi connectivity index (χ2v) is 7.92. The Morgan fingerprint density at radius 3 is 1.42 bits per heavy atom. The molecule has 0 saturated carbocycles. The van der Waals surface area contributed by atoms with Crippen molar-refractivity contribution in [2.45, 2.75) is 60.8 Å². The third-order valence-corrected chi connectivity index (χ3v) is 5.35. The Morgan fingerprint density at radius 2 is 1.06 bits per heavy atom. The van der Waals surface area contributed by atoms with Crippen molar-refractivity contribution >= 4 is 23.2 Å². The van der Waals surface area contributed by atoms with Gasteiger partial charge in [-0.15, -0.1) is 0 Å². The minimum atomic E-state index is -0.217. The highest BCUT2D eigenvalue weighted by Crippen LogP contribution is 2.11. The normalized spacial score (nSPS) is 11.9. The third-order valence-electron chi connectivity index (χ3n) is 5.35. The SMILES string of the molecule is CC(=NNC(=O)CCCC(=O)NN=C(C)c1ccc(C)c(C)c1)c1ccc(C)c(C)c1. The smallest absolute Gasteiger partial charge is 0.240 e. The number of rotatable bonds is 8. The molecular formula is C25H32N4O2. The Bertz CT molecular complexity index is 941. The Kier molecular flexibility index (Phi) is 8.67. The summed E-state index contributed by atoms with van der Waals surface area (Å²) in [7, 11) is 0. The van der Waals surface area contributed by atoms with Crippen LogP contribution in [0.5, 0.6) is 0 Å². The van der Waals surface area contributed by atoms with E-state index in [0.717, 1.165) is 22.6 Å². The summed E-state index contributed by atoms with van der Waals surface area (Å²) < 4.78 is 0. The zero-order valence-corrected chi connectivity index (χ0v) is 19.3. The molecule has 6 heteroatoms. The summed E-state index contributed by atoms with van der Waals surface area (Å²) in [6.07, 6.45) is 0.863. The Hall–Kier alpha value is -3.28. The number of carbonyl (C=O) groups is 2. The number of carbonyl (C=O) groups excluding carboxylic acids is 2. The highest BCUT2D eigenvalue weighted by atomic mass is 16.2. The lowest BCUT2D eigenvalue weighted by atomic mass is 10.0. The van der Waals surface area contributed by atoms with Gasteiger partial charge in [0, 0.05) is 12.8 Å². The van der Waals surface area contributed by atoms with Crippen LogP contribution in [0, 0.1) is 27.7 Å². The number of hydrogen-bond acceptors (Lipinski definition) is 4. The molecule has 2 N–H and O–H groups in total. The fraction of sp³-hybridized carbons (Fsp3) is 0.360. The van der Waals surface area contributed by atoms with Crippen molar-refractivity contribution in [1.29, 1.82) is 0 Å². The predicted molar refractivity (Wildman–Crippen MR) is 126 cm³/mol. The lowest BCUT2D eigenvalue weighted by Crippen LogP contribution is -2.22. The number of nitrogens with zero attached hydrogens (tertiary/aromatic N) is 2. The van der Waals surface area contributed by atoms with E-state index >= 15 is 0 Å². The van der Waals surface area contributed by atoms with Crippen molar-refractivity contribution in [2.75, 3.05) is 0 Å². The summed E-state index contributed by atoms with van der Waals surface area (Å²) in [5.41, 5.74) is 13.3. The number of hydrogen-bond donors (Lipinski definition) is 2. The van der Waals surface area contributed by atoms with Crippen molar-refractivity contribution in [1.82, 2.24) is 10.9 Å². The van der Waals surface area contributed by atoms with Crippen LogP contribution in [0.4, 0.5) is 0 Å². The van der Waals surface area contributed by atoms with Gasteiger partial charge in [-0.3, -0.25) is 9.59 Å². The van der Waals surface area contributed by atoms with Crippen LogP contribution in [0.3, 0.4) is 0 Å². The highest BCUT2D eigenvalue weighted by molar-refractivity contribution is 6.00. The van der Waals surface area contributed by atoms with Crippen LogP contribution in [0.25, 0.3) is 0 Å². The predicted octanol–water partition coefficient (Wildman–Crippen LogP) is 4.47. The monoisotopic (exact) mass is 420 g/mol. The molecule has 0 aliphatic rings. The van der Waals surface area contributed by atoms with E-state index < -0.39 is 0 Å². The second kappa shape index (κ2) is 11.2. The molecule has 0 spiro atoms. The second-order valence-electron chi connectivity index (χ2n) is 7.92. The maximum atomic E-state index is 12.0. The molecule has 0 aliphatic heterocycles. The van der Waals surface area contributed by atoms with Crippen LogP contribution >= 0.6 is 0 Å². The van der Waals surface area contributed by atoms with Gasteiger partial charge < -0.3 is 0 Å². The Balaban J connectivity index is 1.76. The van der Waals surface area contributed by atoms with E-state index in [4.69, 9.17) is 0 Å². The molecule has 2 rings (SSSR count). The number of benzene rings is 2. The van der Waals surface area contributed by atoms with Crippen LogP contribution in [0.1, 0.15) is 66.5 Å². The van der Waals surface area contributed by atoms with Gasteiger partial charge in [-0.2, -0.15) is 10.2 Å². The first kappa shape index (κ1) is 24.0. The van der Waals surface area contributed by atoms with E-state index in [1.807, 2.05) is 64.1 Å². The molecule has 0 saturated heterocycles. The number of aryl methyl sites for hydroxylation is 4. The maximum Gasteiger partial charge on any atom is 0.240 e. The van der Waals surface area contributed by atoms with Crippen LogP contribution in [0.15, 0.2) is 46.6 Å². The number of hydrazone groups is 2. The topological polar surface area (TPSA) is 82.9 Å². The Labute approximate surface area is 184 Å². The minimum Gasteiger partial charge on any atom is -0.273 e. The Morgan fingerprint density at radius 1 is 0.677 bits per heavy atom.